The van der Waals surface area contributed by atoms with Crippen LogP contribution in [0.2, 0.25) is 0 Å². The van der Waals surface area contributed by atoms with Crippen molar-refractivity contribution < 1.29 is 14.7 Å². The van der Waals surface area contributed by atoms with Crippen LogP contribution >= 0.6 is 0 Å². The van der Waals surface area contributed by atoms with E-state index in [2.05, 4.69) is 12.2 Å². The molecular formula is C15H19NO3. The molecule has 2 rings (SSSR count). The van der Waals surface area contributed by atoms with Crippen LogP contribution in [-0.4, -0.2) is 17.0 Å². The second-order valence-corrected chi connectivity index (χ2v) is 5.21. The Morgan fingerprint density at radius 3 is 2.32 bits per heavy atom. The van der Waals surface area contributed by atoms with Crippen LogP contribution in [0.25, 0.3) is 0 Å². The van der Waals surface area contributed by atoms with Crippen LogP contribution in [0.3, 0.4) is 0 Å². The Hall–Kier alpha value is -1.84. The summed E-state index contributed by atoms with van der Waals surface area (Å²) in [7, 11) is 0. The molecule has 1 aromatic carbocycles. The molecule has 1 amide bonds. The Morgan fingerprint density at radius 1 is 1.26 bits per heavy atom. The number of carboxylic acids is 1. The molecule has 2 N–H and O–H groups in total. The third-order valence-electron chi connectivity index (χ3n) is 3.91. The number of hydrogen-bond acceptors (Lipinski definition) is 2. The number of amides is 1. The summed E-state index contributed by atoms with van der Waals surface area (Å²) in [5, 5.41) is 12.0. The molecule has 0 radical (unpaired) electrons. The zero-order valence-electron chi connectivity index (χ0n) is 11.1. The van der Waals surface area contributed by atoms with Crippen molar-refractivity contribution in [1.82, 2.24) is 0 Å². The summed E-state index contributed by atoms with van der Waals surface area (Å²) in [5.41, 5.74) is 1.11. The van der Waals surface area contributed by atoms with Gasteiger partial charge in [-0.25, -0.2) is 0 Å². The molecule has 1 aliphatic carbocycles. The maximum absolute atomic E-state index is 11.9. The highest BCUT2D eigenvalue weighted by Crippen LogP contribution is 2.44. The third-order valence-corrected chi connectivity index (χ3v) is 3.91. The van der Waals surface area contributed by atoms with Crippen LogP contribution in [-0.2, 0) is 16.0 Å². The van der Waals surface area contributed by atoms with Crippen LogP contribution < -0.4 is 5.32 Å². The predicted molar refractivity (Wildman–Crippen MR) is 73.0 cm³/mol. The van der Waals surface area contributed by atoms with Gasteiger partial charge in [0.15, 0.2) is 0 Å². The first kappa shape index (κ1) is 13.6. The number of carbonyl (C=O) groups excluding carboxylic acids is 1. The Morgan fingerprint density at radius 2 is 1.89 bits per heavy atom. The molecule has 0 aliphatic heterocycles. The fourth-order valence-electron chi connectivity index (χ4n) is 2.41. The van der Waals surface area contributed by atoms with E-state index in [-0.39, 0.29) is 12.3 Å². The van der Waals surface area contributed by atoms with E-state index in [0.717, 1.165) is 18.5 Å². The number of aryl methyl sites for hydroxylation is 1. The van der Waals surface area contributed by atoms with Gasteiger partial charge in [0.05, 0.1) is 5.41 Å². The van der Waals surface area contributed by atoms with E-state index in [1.807, 2.05) is 24.3 Å². The first-order chi connectivity index (χ1) is 9.05. The lowest BCUT2D eigenvalue weighted by Crippen LogP contribution is -2.41. The molecule has 4 heteroatoms. The van der Waals surface area contributed by atoms with Gasteiger partial charge >= 0.3 is 5.97 Å². The van der Waals surface area contributed by atoms with E-state index in [0.29, 0.717) is 12.8 Å². The van der Waals surface area contributed by atoms with Gasteiger partial charge in [-0.05, 0) is 37.0 Å². The van der Waals surface area contributed by atoms with Crippen LogP contribution in [0.5, 0.6) is 0 Å². The minimum atomic E-state index is -0.852. The summed E-state index contributed by atoms with van der Waals surface area (Å²) in [6.07, 6.45) is 3.12. The summed E-state index contributed by atoms with van der Waals surface area (Å²) in [5.74, 6) is -1.07. The minimum Gasteiger partial charge on any atom is -0.481 e. The largest absolute Gasteiger partial charge is 0.481 e. The number of hydrogen-bond donors (Lipinski definition) is 2. The van der Waals surface area contributed by atoms with Crippen molar-refractivity contribution >= 4 is 17.6 Å². The lowest BCUT2D eigenvalue weighted by atomic mass is 9.66. The molecule has 19 heavy (non-hydrogen) atoms. The highest BCUT2D eigenvalue weighted by molar-refractivity contribution is 5.94. The SMILES string of the molecule is CCc1ccc(NC(=O)CC2(C(=O)O)CCC2)cc1. The monoisotopic (exact) mass is 261 g/mol. The van der Waals surface area contributed by atoms with Gasteiger partial charge in [-0.2, -0.15) is 0 Å². The highest BCUT2D eigenvalue weighted by Gasteiger charge is 2.45. The molecule has 4 nitrogen and oxygen atoms in total. The van der Waals surface area contributed by atoms with Gasteiger partial charge < -0.3 is 10.4 Å². The number of carboxylic acid groups (broad SMARTS) is 1. The molecule has 0 atom stereocenters. The van der Waals surface area contributed by atoms with Gasteiger partial charge in [0, 0.05) is 12.1 Å². The Bertz CT molecular complexity index is 475. The van der Waals surface area contributed by atoms with Gasteiger partial charge in [0.1, 0.15) is 0 Å². The van der Waals surface area contributed by atoms with Crippen LogP contribution in [0.1, 0.15) is 38.2 Å². The lowest BCUT2D eigenvalue weighted by Gasteiger charge is -2.36. The number of aliphatic carboxylic acids is 1. The van der Waals surface area contributed by atoms with Gasteiger partial charge in [0.25, 0.3) is 0 Å². The first-order valence-corrected chi connectivity index (χ1v) is 6.68. The van der Waals surface area contributed by atoms with Gasteiger partial charge in [-0.15, -0.1) is 0 Å². The zero-order valence-corrected chi connectivity index (χ0v) is 11.1. The quantitative estimate of drug-likeness (QED) is 0.856. The molecule has 0 spiro atoms. The Labute approximate surface area is 112 Å². The Balaban J connectivity index is 1.95. The average molecular weight is 261 g/mol. The smallest absolute Gasteiger partial charge is 0.310 e. The van der Waals surface area contributed by atoms with E-state index in [9.17, 15) is 14.7 Å². The maximum atomic E-state index is 11.9. The number of benzene rings is 1. The van der Waals surface area contributed by atoms with Crippen molar-refractivity contribution in [2.24, 2.45) is 5.41 Å². The molecule has 0 aromatic heterocycles. The zero-order chi connectivity index (χ0) is 13.9. The molecule has 1 aromatic rings. The summed E-state index contributed by atoms with van der Waals surface area (Å²) >= 11 is 0. The van der Waals surface area contributed by atoms with Crippen LogP contribution in [0.15, 0.2) is 24.3 Å². The Kier molecular flexibility index (Phi) is 3.88. The minimum absolute atomic E-state index is 0.0673. The number of nitrogens with one attached hydrogen (secondary N) is 1. The van der Waals surface area contributed by atoms with Crippen molar-refractivity contribution in [3.63, 3.8) is 0 Å². The maximum Gasteiger partial charge on any atom is 0.310 e. The molecular weight excluding hydrogens is 242 g/mol. The first-order valence-electron chi connectivity index (χ1n) is 6.68. The van der Waals surface area contributed by atoms with E-state index < -0.39 is 11.4 Å². The predicted octanol–water partition coefficient (Wildman–Crippen LogP) is 2.83. The second-order valence-electron chi connectivity index (χ2n) is 5.21. The van der Waals surface area contributed by atoms with Gasteiger partial charge in [-0.3, -0.25) is 9.59 Å². The van der Waals surface area contributed by atoms with Crippen LogP contribution in [0.4, 0.5) is 5.69 Å². The fourth-order valence-corrected chi connectivity index (χ4v) is 2.41. The van der Waals surface area contributed by atoms with Gasteiger partial charge in [0.2, 0.25) is 5.91 Å². The average Bonchev–Trinajstić information content (AvgIpc) is 2.34. The lowest BCUT2D eigenvalue weighted by molar-refractivity contribution is -0.157. The van der Waals surface area contributed by atoms with Gasteiger partial charge in [-0.1, -0.05) is 25.5 Å². The third kappa shape index (κ3) is 2.95. The molecule has 1 fully saturated rings. The number of carbonyl (C=O) groups is 2. The highest BCUT2D eigenvalue weighted by atomic mass is 16.4. The molecule has 1 aliphatic rings. The summed E-state index contributed by atoms with van der Waals surface area (Å²) in [4.78, 5) is 23.1. The normalized spacial score (nSPS) is 16.5. The van der Waals surface area contributed by atoms with Crippen molar-refractivity contribution in [1.29, 1.82) is 0 Å². The van der Waals surface area contributed by atoms with Crippen LogP contribution in [0, 0.1) is 5.41 Å². The number of rotatable bonds is 5. The standard InChI is InChI=1S/C15H19NO3/c1-2-11-4-6-12(7-5-11)16-13(17)10-15(14(18)19)8-3-9-15/h4-7H,2-3,8-10H2,1H3,(H,16,17)(H,18,19). The summed E-state index contributed by atoms with van der Waals surface area (Å²) in [6, 6.07) is 7.63. The molecule has 0 bridgehead atoms. The molecule has 0 saturated heterocycles. The molecule has 0 unspecified atom stereocenters. The van der Waals surface area contributed by atoms with E-state index >= 15 is 0 Å². The number of anilines is 1. The van der Waals surface area contributed by atoms with Crippen molar-refractivity contribution in [3.05, 3.63) is 29.8 Å². The van der Waals surface area contributed by atoms with E-state index in [4.69, 9.17) is 0 Å². The van der Waals surface area contributed by atoms with Crippen molar-refractivity contribution in [2.75, 3.05) is 5.32 Å². The molecule has 0 heterocycles. The summed E-state index contributed by atoms with van der Waals surface area (Å²) in [6.45, 7) is 2.07. The van der Waals surface area contributed by atoms with Crippen molar-refractivity contribution in [2.45, 2.75) is 39.0 Å². The summed E-state index contributed by atoms with van der Waals surface area (Å²) < 4.78 is 0. The molecule has 102 valence electrons. The second kappa shape index (κ2) is 5.43. The van der Waals surface area contributed by atoms with E-state index in [1.165, 1.54) is 5.56 Å². The topological polar surface area (TPSA) is 66.4 Å². The molecule has 1 saturated carbocycles. The fraction of sp³-hybridized carbons (Fsp3) is 0.467. The van der Waals surface area contributed by atoms with Crippen molar-refractivity contribution in [3.8, 4) is 0 Å². The van der Waals surface area contributed by atoms with E-state index in [1.54, 1.807) is 0 Å².